The first kappa shape index (κ1) is 20.1. The Balaban J connectivity index is 2.14. The fourth-order valence-corrected chi connectivity index (χ4v) is 2.50. The average molecular weight is 385 g/mol. The van der Waals surface area contributed by atoms with Crippen LogP contribution in [-0.4, -0.2) is 31.2 Å². The Morgan fingerprint density at radius 2 is 1.85 bits per heavy atom. The van der Waals surface area contributed by atoms with Crippen molar-refractivity contribution in [3.05, 3.63) is 58.1 Å². The van der Waals surface area contributed by atoms with E-state index in [1.165, 1.54) is 12.1 Å². The molecule has 2 rings (SSSR count). The van der Waals surface area contributed by atoms with Gasteiger partial charge in [-0.25, -0.2) is 4.99 Å². The Kier molecular flexibility index (Phi) is 6.53. The summed E-state index contributed by atoms with van der Waals surface area (Å²) in [4.78, 5) is 6.31. The normalized spacial score (nSPS) is 11.8. The lowest BCUT2D eigenvalue weighted by Gasteiger charge is -2.12. The number of benzene rings is 2. The topological polar surface area (TPSA) is 24.8 Å². The summed E-state index contributed by atoms with van der Waals surface area (Å²) in [5.41, 5.74) is 3.54. The van der Waals surface area contributed by atoms with Crippen molar-refractivity contribution in [1.82, 2.24) is 4.90 Å². The molecule has 0 spiro atoms. The van der Waals surface area contributed by atoms with Crippen LogP contribution in [0.4, 0.5) is 18.9 Å². The maximum absolute atomic E-state index is 12.2. The molecular formula is C19H20ClF3N2O. The predicted octanol–water partition coefficient (Wildman–Crippen LogP) is 5.75. The third kappa shape index (κ3) is 5.95. The van der Waals surface area contributed by atoms with E-state index in [0.29, 0.717) is 17.1 Å². The van der Waals surface area contributed by atoms with Gasteiger partial charge in [-0.05, 0) is 61.2 Å². The largest absolute Gasteiger partial charge is 0.573 e. The number of rotatable bonds is 6. The molecule has 0 saturated carbocycles. The lowest BCUT2D eigenvalue weighted by atomic mass is 10.00. The molecule has 2 aromatic rings. The Labute approximate surface area is 156 Å². The third-order valence-corrected chi connectivity index (χ3v) is 4.15. The van der Waals surface area contributed by atoms with Crippen LogP contribution in [0.15, 0.2) is 41.4 Å². The maximum atomic E-state index is 12.2. The van der Waals surface area contributed by atoms with Gasteiger partial charge in [0.05, 0.1) is 17.0 Å². The summed E-state index contributed by atoms with van der Waals surface area (Å²) in [5.74, 6) is -0.235. The minimum absolute atomic E-state index is 0.235. The summed E-state index contributed by atoms with van der Waals surface area (Å²) in [7, 11) is 1.92. The number of nitrogens with zero attached hydrogens (tertiary/aromatic N) is 2. The van der Waals surface area contributed by atoms with E-state index >= 15 is 0 Å². The smallest absolute Gasteiger partial charge is 0.406 e. The number of aliphatic imine (C=N–C) groups is 1. The summed E-state index contributed by atoms with van der Waals surface area (Å²) in [6.07, 6.45) is -2.41. The molecule has 7 heteroatoms. The minimum Gasteiger partial charge on any atom is -0.406 e. The summed E-state index contributed by atoms with van der Waals surface area (Å²) in [5, 5.41) is 0.531. The van der Waals surface area contributed by atoms with Crippen molar-refractivity contribution < 1.29 is 17.9 Å². The second-order valence-electron chi connectivity index (χ2n) is 5.92. The maximum Gasteiger partial charge on any atom is 0.573 e. The highest BCUT2D eigenvalue weighted by Gasteiger charge is 2.30. The van der Waals surface area contributed by atoms with Gasteiger partial charge in [-0.15, -0.1) is 13.2 Å². The molecule has 140 valence electrons. The van der Waals surface area contributed by atoms with Crippen LogP contribution < -0.4 is 4.74 Å². The number of hydrogen-bond donors (Lipinski definition) is 0. The molecule has 26 heavy (non-hydrogen) atoms. The van der Waals surface area contributed by atoms with Crippen molar-refractivity contribution in [3.8, 4) is 5.75 Å². The molecule has 0 aliphatic carbocycles. The SMILES string of the molecule is CCN(C)/C=N/c1cc(C)c(Cc2ccc(OC(F)(F)F)cc2)cc1Cl. The molecule has 0 aliphatic heterocycles. The summed E-state index contributed by atoms with van der Waals surface area (Å²) in [6.45, 7) is 4.81. The van der Waals surface area contributed by atoms with Gasteiger partial charge in [0.25, 0.3) is 0 Å². The lowest BCUT2D eigenvalue weighted by Crippen LogP contribution is -2.17. The third-order valence-electron chi connectivity index (χ3n) is 3.85. The van der Waals surface area contributed by atoms with Crippen LogP contribution >= 0.6 is 11.6 Å². The fourth-order valence-electron chi connectivity index (χ4n) is 2.27. The molecule has 0 N–H and O–H groups in total. The van der Waals surface area contributed by atoms with Gasteiger partial charge in [0.1, 0.15) is 5.75 Å². The monoisotopic (exact) mass is 384 g/mol. The van der Waals surface area contributed by atoms with Gasteiger partial charge in [0, 0.05) is 13.6 Å². The van der Waals surface area contributed by atoms with Gasteiger partial charge in [0.2, 0.25) is 0 Å². The van der Waals surface area contributed by atoms with Gasteiger partial charge in [-0.1, -0.05) is 23.7 Å². The van der Waals surface area contributed by atoms with Crippen LogP contribution in [0, 0.1) is 6.92 Å². The molecule has 0 atom stereocenters. The summed E-state index contributed by atoms with van der Waals surface area (Å²) in [6, 6.07) is 9.57. The zero-order valence-electron chi connectivity index (χ0n) is 14.8. The van der Waals surface area contributed by atoms with Gasteiger partial charge >= 0.3 is 6.36 Å². The molecular weight excluding hydrogens is 365 g/mol. The average Bonchev–Trinajstić information content (AvgIpc) is 2.56. The van der Waals surface area contributed by atoms with E-state index in [-0.39, 0.29) is 5.75 Å². The van der Waals surface area contributed by atoms with Crippen molar-refractivity contribution in [3.63, 3.8) is 0 Å². The number of ether oxygens (including phenoxy) is 1. The second kappa shape index (κ2) is 8.45. The Hall–Kier alpha value is -2.21. The minimum atomic E-state index is -4.69. The van der Waals surface area contributed by atoms with Crippen molar-refractivity contribution in [2.45, 2.75) is 26.6 Å². The zero-order valence-corrected chi connectivity index (χ0v) is 15.5. The van der Waals surface area contributed by atoms with Gasteiger partial charge in [0.15, 0.2) is 0 Å². The first-order chi connectivity index (χ1) is 12.2. The Bertz CT molecular complexity index is 774. The van der Waals surface area contributed by atoms with Gasteiger partial charge < -0.3 is 9.64 Å². The van der Waals surface area contributed by atoms with E-state index in [2.05, 4.69) is 9.73 Å². The molecule has 3 nitrogen and oxygen atoms in total. The first-order valence-corrected chi connectivity index (χ1v) is 8.44. The summed E-state index contributed by atoms with van der Waals surface area (Å²) >= 11 is 6.31. The Morgan fingerprint density at radius 3 is 2.42 bits per heavy atom. The molecule has 0 heterocycles. The lowest BCUT2D eigenvalue weighted by molar-refractivity contribution is -0.274. The van der Waals surface area contributed by atoms with E-state index in [1.54, 1.807) is 18.5 Å². The van der Waals surface area contributed by atoms with Crippen molar-refractivity contribution in [2.24, 2.45) is 4.99 Å². The van der Waals surface area contributed by atoms with Crippen molar-refractivity contribution in [1.29, 1.82) is 0 Å². The highest BCUT2D eigenvalue weighted by molar-refractivity contribution is 6.33. The van der Waals surface area contributed by atoms with Crippen LogP contribution in [0.3, 0.4) is 0 Å². The van der Waals surface area contributed by atoms with Crippen LogP contribution in [0.5, 0.6) is 5.75 Å². The van der Waals surface area contributed by atoms with E-state index in [1.807, 2.05) is 37.9 Å². The molecule has 2 aromatic carbocycles. The van der Waals surface area contributed by atoms with E-state index in [4.69, 9.17) is 11.6 Å². The Morgan fingerprint density at radius 1 is 1.19 bits per heavy atom. The standard InChI is InChI=1S/C19H20ClF3N2O/c1-4-25(3)12-24-18-9-13(2)15(11-17(18)20)10-14-5-7-16(8-6-14)26-19(21,22)23/h5-9,11-12H,4,10H2,1-3H3/b24-12+. The number of halogens is 4. The van der Waals surface area contributed by atoms with Crippen LogP contribution in [0.2, 0.25) is 5.02 Å². The van der Waals surface area contributed by atoms with E-state index in [9.17, 15) is 13.2 Å². The summed E-state index contributed by atoms with van der Waals surface area (Å²) < 4.78 is 40.5. The first-order valence-electron chi connectivity index (χ1n) is 8.06. The van der Waals surface area contributed by atoms with E-state index < -0.39 is 6.36 Å². The van der Waals surface area contributed by atoms with Crippen LogP contribution in [-0.2, 0) is 6.42 Å². The van der Waals surface area contributed by atoms with Crippen molar-refractivity contribution in [2.75, 3.05) is 13.6 Å². The second-order valence-corrected chi connectivity index (χ2v) is 6.32. The van der Waals surface area contributed by atoms with Crippen LogP contribution in [0.25, 0.3) is 0 Å². The molecule has 0 aliphatic rings. The van der Waals surface area contributed by atoms with Crippen molar-refractivity contribution >= 4 is 23.6 Å². The molecule has 0 radical (unpaired) electrons. The fraction of sp³-hybridized carbons (Fsp3) is 0.316. The highest BCUT2D eigenvalue weighted by atomic mass is 35.5. The van der Waals surface area contributed by atoms with E-state index in [0.717, 1.165) is 23.2 Å². The molecule has 0 saturated heterocycles. The van der Waals surface area contributed by atoms with Crippen LogP contribution in [0.1, 0.15) is 23.6 Å². The molecule has 0 aromatic heterocycles. The van der Waals surface area contributed by atoms with Gasteiger partial charge in [-0.2, -0.15) is 0 Å². The number of hydrogen-bond acceptors (Lipinski definition) is 2. The highest BCUT2D eigenvalue weighted by Crippen LogP contribution is 2.30. The molecule has 0 bridgehead atoms. The number of alkyl halides is 3. The molecule has 0 fully saturated rings. The quantitative estimate of drug-likeness (QED) is 0.468. The zero-order chi connectivity index (χ0) is 19.3. The number of aryl methyl sites for hydroxylation is 1. The molecule has 0 unspecified atom stereocenters. The molecule has 0 amide bonds. The predicted molar refractivity (Wildman–Crippen MR) is 98.6 cm³/mol. The van der Waals surface area contributed by atoms with Gasteiger partial charge in [-0.3, -0.25) is 0 Å².